The maximum atomic E-state index is 5.82. The smallest absolute Gasteiger partial charge is 0.148 e. The monoisotopic (exact) mass is 180 g/mol. The Kier molecular flexibility index (Phi) is 2.22. The standard InChI is InChI=1S/C9H16N4/c10-5-6-13-8-4-2-1-3-7(8)9(11)12-13/h1-6,10H2,(H2,11,12). The summed E-state index contributed by atoms with van der Waals surface area (Å²) in [7, 11) is 0. The predicted octanol–water partition coefficient (Wildman–Crippen LogP) is 0.303. The van der Waals surface area contributed by atoms with Crippen molar-refractivity contribution >= 4 is 5.82 Å². The van der Waals surface area contributed by atoms with Gasteiger partial charge < -0.3 is 11.5 Å². The largest absolute Gasteiger partial charge is 0.382 e. The highest BCUT2D eigenvalue weighted by molar-refractivity contribution is 5.43. The van der Waals surface area contributed by atoms with Crippen LogP contribution in [0, 0.1) is 0 Å². The summed E-state index contributed by atoms with van der Waals surface area (Å²) in [6.45, 7) is 1.42. The van der Waals surface area contributed by atoms with Crippen LogP contribution in [0.4, 0.5) is 5.82 Å². The zero-order valence-corrected chi connectivity index (χ0v) is 7.79. The van der Waals surface area contributed by atoms with Crippen LogP contribution in [0.1, 0.15) is 24.1 Å². The van der Waals surface area contributed by atoms with E-state index in [2.05, 4.69) is 5.10 Å². The molecule has 1 heterocycles. The first-order valence-corrected chi connectivity index (χ1v) is 4.87. The molecule has 1 aromatic heterocycles. The number of nitrogens with zero attached hydrogens (tertiary/aromatic N) is 2. The third-order valence-electron chi connectivity index (χ3n) is 2.63. The SMILES string of the molecule is NCCn1nc(N)c2c1CCCC2. The first-order valence-electron chi connectivity index (χ1n) is 4.87. The molecule has 0 saturated carbocycles. The lowest BCUT2D eigenvalue weighted by Gasteiger charge is -2.12. The second-order valence-corrected chi connectivity index (χ2v) is 3.53. The van der Waals surface area contributed by atoms with Crippen molar-refractivity contribution in [3.05, 3.63) is 11.3 Å². The van der Waals surface area contributed by atoms with E-state index in [-0.39, 0.29) is 0 Å². The summed E-state index contributed by atoms with van der Waals surface area (Å²) in [6.07, 6.45) is 4.69. The normalized spacial score (nSPS) is 15.8. The van der Waals surface area contributed by atoms with Gasteiger partial charge in [-0.25, -0.2) is 0 Å². The molecule has 0 bridgehead atoms. The van der Waals surface area contributed by atoms with E-state index in [9.17, 15) is 0 Å². The number of nitrogen functional groups attached to an aromatic ring is 1. The number of anilines is 1. The fourth-order valence-corrected chi connectivity index (χ4v) is 2.01. The number of rotatable bonds is 2. The molecule has 0 fully saturated rings. The molecule has 0 unspecified atom stereocenters. The van der Waals surface area contributed by atoms with Gasteiger partial charge in [0.25, 0.3) is 0 Å². The molecule has 0 atom stereocenters. The number of hydrogen-bond donors (Lipinski definition) is 2. The molecule has 1 aromatic rings. The average Bonchev–Trinajstić information content (AvgIpc) is 2.46. The van der Waals surface area contributed by atoms with Crippen LogP contribution in [0.15, 0.2) is 0 Å². The number of hydrogen-bond acceptors (Lipinski definition) is 3. The molecule has 72 valence electrons. The van der Waals surface area contributed by atoms with E-state index in [1.165, 1.54) is 24.1 Å². The maximum absolute atomic E-state index is 5.82. The quantitative estimate of drug-likeness (QED) is 0.688. The van der Waals surface area contributed by atoms with E-state index in [0.717, 1.165) is 19.4 Å². The first-order chi connectivity index (χ1) is 6.33. The zero-order chi connectivity index (χ0) is 9.26. The van der Waals surface area contributed by atoms with Crippen molar-refractivity contribution in [2.24, 2.45) is 5.73 Å². The van der Waals surface area contributed by atoms with E-state index in [4.69, 9.17) is 11.5 Å². The van der Waals surface area contributed by atoms with Crippen molar-refractivity contribution in [2.75, 3.05) is 12.3 Å². The van der Waals surface area contributed by atoms with Crippen LogP contribution in [0.3, 0.4) is 0 Å². The molecule has 13 heavy (non-hydrogen) atoms. The van der Waals surface area contributed by atoms with Crippen LogP contribution in [0.2, 0.25) is 0 Å². The summed E-state index contributed by atoms with van der Waals surface area (Å²) in [5, 5.41) is 4.30. The highest BCUT2D eigenvalue weighted by Crippen LogP contribution is 2.25. The minimum Gasteiger partial charge on any atom is -0.382 e. The van der Waals surface area contributed by atoms with E-state index in [1.54, 1.807) is 0 Å². The van der Waals surface area contributed by atoms with Gasteiger partial charge >= 0.3 is 0 Å². The third-order valence-corrected chi connectivity index (χ3v) is 2.63. The Balaban J connectivity index is 2.36. The highest BCUT2D eigenvalue weighted by Gasteiger charge is 2.18. The summed E-state index contributed by atoms with van der Waals surface area (Å²) in [5.41, 5.74) is 13.9. The topological polar surface area (TPSA) is 69.9 Å². The molecule has 4 nitrogen and oxygen atoms in total. The Hall–Kier alpha value is -1.03. The summed E-state index contributed by atoms with van der Waals surface area (Å²) in [5.74, 6) is 0.711. The minimum atomic E-state index is 0.632. The van der Waals surface area contributed by atoms with Crippen LogP contribution in [0.25, 0.3) is 0 Å². The molecule has 0 aliphatic heterocycles. The second-order valence-electron chi connectivity index (χ2n) is 3.53. The van der Waals surface area contributed by atoms with Crippen molar-refractivity contribution in [2.45, 2.75) is 32.2 Å². The van der Waals surface area contributed by atoms with Crippen molar-refractivity contribution < 1.29 is 0 Å². The van der Waals surface area contributed by atoms with Crippen molar-refractivity contribution in [1.82, 2.24) is 9.78 Å². The van der Waals surface area contributed by atoms with Crippen molar-refractivity contribution in [1.29, 1.82) is 0 Å². The molecular formula is C9H16N4. The molecule has 0 spiro atoms. The van der Waals surface area contributed by atoms with Gasteiger partial charge in [0.05, 0.1) is 6.54 Å². The third kappa shape index (κ3) is 1.42. The predicted molar refractivity (Wildman–Crippen MR) is 52.3 cm³/mol. The van der Waals surface area contributed by atoms with Gasteiger partial charge in [-0.3, -0.25) is 4.68 Å². The van der Waals surface area contributed by atoms with Gasteiger partial charge in [0.15, 0.2) is 0 Å². The summed E-state index contributed by atoms with van der Waals surface area (Å²) in [4.78, 5) is 0. The van der Waals surface area contributed by atoms with Crippen LogP contribution in [-0.4, -0.2) is 16.3 Å². The Bertz CT molecular complexity index is 303. The molecule has 4 heteroatoms. The first kappa shape index (κ1) is 8.56. The fraction of sp³-hybridized carbons (Fsp3) is 0.667. The Labute approximate surface area is 77.9 Å². The van der Waals surface area contributed by atoms with Gasteiger partial charge in [-0.1, -0.05) is 0 Å². The lowest BCUT2D eigenvalue weighted by atomic mass is 9.97. The van der Waals surface area contributed by atoms with Crippen LogP contribution >= 0.6 is 0 Å². The lowest BCUT2D eigenvalue weighted by Crippen LogP contribution is -2.15. The molecular weight excluding hydrogens is 164 g/mol. The summed E-state index contributed by atoms with van der Waals surface area (Å²) in [6, 6.07) is 0. The molecule has 0 aromatic carbocycles. The van der Waals surface area contributed by atoms with Crippen LogP contribution in [-0.2, 0) is 19.4 Å². The highest BCUT2D eigenvalue weighted by atomic mass is 15.3. The molecule has 0 amide bonds. The van der Waals surface area contributed by atoms with Gasteiger partial charge in [-0.15, -0.1) is 0 Å². The minimum absolute atomic E-state index is 0.632. The van der Waals surface area contributed by atoms with Crippen molar-refractivity contribution in [3.63, 3.8) is 0 Å². The second kappa shape index (κ2) is 3.38. The average molecular weight is 180 g/mol. The van der Waals surface area contributed by atoms with E-state index >= 15 is 0 Å². The molecule has 1 aliphatic rings. The van der Waals surface area contributed by atoms with Crippen LogP contribution in [0.5, 0.6) is 0 Å². The van der Waals surface area contributed by atoms with E-state index in [1.807, 2.05) is 4.68 Å². The van der Waals surface area contributed by atoms with E-state index < -0.39 is 0 Å². The molecule has 0 saturated heterocycles. The molecule has 4 N–H and O–H groups in total. The number of fused-ring (bicyclic) bond motifs is 1. The Morgan fingerprint density at radius 1 is 1.31 bits per heavy atom. The Morgan fingerprint density at radius 3 is 2.85 bits per heavy atom. The van der Waals surface area contributed by atoms with E-state index in [0.29, 0.717) is 12.4 Å². The zero-order valence-electron chi connectivity index (χ0n) is 7.79. The van der Waals surface area contributed by atoms with Gasteiger partial charge in [0, 0.05) is 17.8 Å². The lowest BCUT2D eigenvalue weighted by molar-refractivity contribution is 0.564. The Morgan fingerprint density at radius 2 is 2.08 bits per heavy atom. The van der Waals surface area contributed by atoms with Gasteiger partial charge in [0.1, 0.15) is 5.82 Å². The molecule has 0 radical (unpaired) electrons. The maximum Gasteiger partial charge on any atom is 0.148 e. The number of aromatic nitrogens is 2. The molecule has 2 rings (SSSR count). The summed E-state index contributed by atoms with van der Waals surface area (Å²) < 4.78 is 1.98. The van der Waals surface area contributed by atoms with Gasteiger partial charge in [-0.2, -0.15) is 5.10 Å². The van der Waals surface area contributed by atoms with Crippen molar-refractivity contribution in [3.8, 4) is 0 Å². The van der Waals surface area contributed by atoms with Crippen LogP contribution < -0.4 is 11.5 Å². The molecule has 1 aliphatic carbocycles. The van der Waals surface area contributed by atoms with Gasteiger partial charge in [0.2, 0.25) is 0 Å². The van der Waals surface area contributed by atoms with Gasteiger partial charge in [-0.05, 0) is 25.7 Å². The fourth-order valence-electron chi connectivity index (χ4n) is 2.01. The summed E-state index contributed by atoms with van der Waals surface area (Å²) >= 11 is 0. The number of nitrogens with two attached hydrogens (primary N) is 2.